The van der Waals surface area contributed by atoms with Crippen molar-refractivity contribution >= 4 is 17.5 Å². The first-order valence-corrected chi connectivity index (χ1v) is 6.71. The molecule has 1 saturated heterocycles. The van der Waals surface area contributed by atoms with Gasteiger partial charge < -0.3 is 15.0 Å². The van der Waals surface area contributed by atoms with Crippen LogP contribution in [-0.2, 0) is 9.59 Å². The van der Waals surface area contributed by atoms with Gasteiger partial charge in [-0.15, -0.1) is 0 Å². The quantitative estimate of drug-likeness (QED) is 0.841. The van der Waals surface area contributed by atoms with Gasteiger partial charge in [0.15, 0.2) is 0 Å². The van der Waals surface area contributed by atoms with Crippen LogP contribution in [0.25, 0.3) is 0 Å². The summed E-state index contributed by atoms with van der Waals surface area (Å²) in [5, 5.41) is 2.62. The van der Waals surface area contributed by atoms with E-state index < -0.39 is 11.8 Å². The zero-order valence-corrected chi connectivity index (χ0v) is 12.1. The number of benzene rings is 1. The maximum atomic E-state index is 12.2. The molecule has 0 aliphatic carbocycles. The Morgan fingerprint density at radius 1 is 1.25 bits per heavy atom. The van der Waals surface area contributed by atoms with Crippen LogP contribution in [0.5, 0.6) is 5.75 Å². The minimum Gasteiger partial charge on any atom is -0.497 e. The molecule has 0 radical (unpaired) electrons. The van der Waals surface area contributed by atoms with E-state index in [0.717, 1.165) is 12.8 Å². The lowest BCUT2D eigenvalue weighted by atomic mass is 10.0. The van der Waals surface area contributed by atoms with Gasteiger partial charge in [0.1, 0.15) is 5.75 Å². The molecule has 1 aromatic rings. The van der Waals surface area contributed by atoms with E-state index in [1.165, 1.54) is 0 Å². The van der Waals surface area contributed by atoms with Crippen molar-refractivity contribution < 1.29 is 14.3 Å². The average molecular weight is 276 g/mol. The highest BCUT2D eigenvalue weighted by molar-refractivity contribution is 6.39. The summed E-state index contributed by atoms with van der Waals surface area (Å²) in [5.74, 6) is -0.358. The number of anilines is 1. The topological polar surface area (TPSA) is 58.6 Å². The molecule has 1 aliphatic rings. The number of likely N-dealkylation sites (tertiary alicyclic amines) is 1. The average Bonchev–Trinajstić information content (AvgIpc) is 2.78. The predicted molar refractivity (Wildman–Crippen MR) is 76.6 cm³/mol. The Morgan fingerprint density at radius 3 is 2.40 bits per heavy atom. The fraction of sp³-hybridized carbons (Fsp3) is 0.467. The minimum absolute atomic E-state index is 0.242. The smallest absolute Gasteiger partial charge is 0.313 e. The molecule has 0 unspecified atom stereocenters. The molecule has 0 bridgehead atoms. The Bertz CT molecular complexity index is 508. The highest BCUT2D eigenvalue weighted by Crippen LogP contribution is 2.28. The van der Waals surface area contributed by atoms with Crippen LogP contribution < -0.4 is 10.1 Å². The number of nitrogens with one attached hydrogen (secondary N) is 1. The van der Waals surface area contributed by atoms with Gasteiger partial charge >= 0.3 is 11.8 Å². The van der Waals surface area contributed by atoms with Gasteiger partial charge in [0.05, 0.1) is 7.11 Å². The molecule has 2 rings (SSSR count). The van der Waals surface area contributed by atoms with Gasteiger partial charge in [-0.1, -0.05) is 0 Å². The monoisotopic (exact) mass is 276 g/mol. The minimum atomic E-state index is -0.592. The van der Waals surface area contributed by atoms with E-state index in [2.05, 4.69) is 5.32 Å². The lowest BCUT2D eigenvalue weighted by Crippen LogP contribution is -2.47. The number of hydrogen-bond acceptors (Lipinski definition) is 3. The molecule has 0 spiro atoms. The van der Waals surface area contributed by atoms with Crippen LogP contribution in [0, 0.1) is 0 Å². The molecule has 20 heavy (non-hydrogen) atoms. The fourth-order valence-electron chi connectivity index (χ4n) is 2.47. The maximum absolute atomic E-state index is 12.2. The summed E-state index contributed by atoms with van der Waals surface area (Å²) in [7, 11) is 1.58. The largest absolute Gasteiger partial charge is 0.497 e. The van der Waals surface area contributed by atoms with E-state index in [4.69, 9.17) is 4.74 Å². The summed E-state index contributed by atoms with van der Waals surface area (Å²) in [5.41, 5.74) is 0.343. The Kier molecular flexibility index (Phi) is 3.97. The molecule has 1 fully saturated rings. The van der Waals surface area contributed by atoms with E-state index in [1.54, 1.807) is 36.3 Å². The summed E-state index contributed by atoms with van der Waals surface area (Å²) in [4.78, 5) is 25.8. The molecule has 0 atom stereocenters. The van der Waals surface area contributed by atoms with Crippen LogP contribution in [0.4, 0.5) is 5.69 Å². The van der Waals surface area contributed by atoms with Gasteiger partial charge in [-0.3, -0.25) is 9.59 Å². The van der Waals surface area contributed by atoms with E-state index >= 15 is 0 Å². The second-order valence-corrected chi connectivity index (χ2v) is 5.56. The van der Waals surface area contributed by atoms with Crippen LogP contribution in [0.2, 0.25) is 0 Å². The first-order valence-electron chi connectivity index (χ1n) is 6.71. The Labute approximate surface area is 118 Å². The molecule has 1 N–H and O–H groups in total. The van der Waals surface area contributed by atoms with Crippen molar-refractivity contribution in [1.29, 1.82) is 0 Å². The molecule has 108 valence electrons. The summed E-state index contributed by atoms with van der Waals surface area (Å²) < 4.78 is 5.04. The molecule has 1 aliphatic heterocycles. The number of rotatable bonds is 2. The van der Waals surface area contributed by atoms with E-state index in [9.17, 15) is 9.59 Å². The summed E-state index contributed by atoms with van der Waals surface area (Å²) >= 11 is 0. The van der Waals surface area contributed by atoms with Crippen LogP contribution >= 0.6 is 0 Å². The van der Waals surface area contributed by atoms with Crippen molar-refractivity contribution in [2.75, 3.05) is 19.0 Å². The molecule has 5 nitrogen and oxygen atoms in total. The van der Waals surface area contributed by atoms with Crippen molar-refractivity contribution in [3.63, 3.8) is 0 Å². The first kappa shape index (κ1) is 14.4. The number of carbonyl (C=O) groups is 2. The Balaban J connectivity index is 2.02. The molecule has 0 aromatic heterocycles. The van der Waals surface area contributed by atoms with Crippen molar-refractivity contribution in [1.82, 2.24) is 4.90 Å². The molecule has 0 saturated carbocycles. The summed E-state index contributed by atoms with van der Waals surface area (Å²) in [6.45, 7) is 4.61. The van der Waals surface area contributed by atoms with Crippen LogP contribution in [-0.4, -0.2) is 35.9 Å². The van der Waals surface area contributed by atoms with Crippen molar-refractivity contribution in [3.05, 3.63) is 24.3 Å². The third-order valence-corrected chi connectivity index (χ3v) is 3.69. The molecular weight excluding hydrogens is 256 g/mol. The second kappa shape index (κ2) is 5.53. The molecule has 2 amide bonds. The highest BCUT2D eigenvalue weighted by atomic mass is 16.5. The van der Waals surface area contributed by atoms with E-state index in [1.807, 2.05) is 13.8 Å². The van der Waals surface area contributed by atoms with E-state index in [-0.39, 0.29) is 5.54 Å². The van der Waals surface area contributed by atoms with Gasteiger partial charge in [0.2, 0.25) is 0 Å². The van der Waals surface area contributed by atoms with Gasteiger partial charge in [0, 0.05) is 17.8 Å². The van der Waals surface area contributed by atoms with Crippen LogP contribution in [0.15, 0.2) is 24.3 Å². The second-order valence-electron chi connectivity index (χ2n) is 5.56. The van der Waals surface area contributed by atoms with E-state index in [0.29, 0.717) is 18.0 Å². The third kappa shape index (κ3) is 2.92. The summed E-state index contributed by atoms with van der Waals surface area (Å²) in [6, 6.07) is 6.89. The number of hydrogen-bond donors (Lipinski definition) is 1. The maximum Gasteiger partial charge on any atom is 0.313 e. The van der Waals surface area contributed by atoms with Crippen molar-refractivity contribution in [2.45, 2.75) is 32.2 Å². The Morgan fingerprint density at radius 2 is 1.90 bits per heavy atom. The molecule has 1 aromatic carbocycles. The summed E-state index contributed by atoms with van der Waals surface area (Å²) in [6.07, 6.45) is 1.86. The zero-order chi connectivity index (χ0) is 14.8. The third-order valence-electron chi connectivity index (χ3n) is 3.69. The van der Waals surface area contributed by atoms with Crippen LogP contribution in [0.3, 0.4) is 0 Å². The van der Waals surface area contributed by atoms with Gasteiger partial charge in [-0.05, 0) is 51.0 Å². The van der Waals surface area contributed by atoms with Gasteiger partial charge in [-0.2, -0.15) is 0 Å². The van der Waals surface area contributed by atoms with Gasteiger partial charge in [-0.25, -0.2) is 0 Å². The number of methoxy groups -OCH3 is 1. The fourth-order valence-corrected chi connectivity index (χ4v) is 2.47. The SMILES string of the molecule is COc1ccc(NC(=O)C(=O)N2CCCC2(C)C)cc1. The molecular formula is C15H20N2O3. The first-order chi connectivity index (χ1) is 9.44. The number of nitrogens with zero attached hydrogens (tertiary/aromatic N) is 1. The number of amides is 2. The molecule has 5 heteroatoms. The standard InChI is InChI=1S/C15H20N2O3/c1-15(2)9-4-10-17(15)14(19)13(18)16-11-5-7-12(20-3)8-6-11/h5-8H,4,9-10H2,1-3H3,(H,16,18). The lowest BCUT2D eigenvalue weighted by molar-refractivity contribution is -0.145. The van der Waals surface area contributed by atoms with Crippen LogP contribution in [0.1, 0.15) is 26.7 Å². The number of ether oxygens (including phenoxy) is 1. The number of carbonyl (C=O) groups excluding carboxylic acids is 2. The Hall–Kier alpha value is -2.04. The molecule has 1 heterocycles. The van der Waals surface area contributed by atoms with Crippen molar-refractivity contribution in [3.8, 4) is 5.75 Å². The van der Waals surface area contributed by atoms with Crippen molar-refractivity contribution in [2.24, 2.45) is 0 Å². The zero-order valence-electron chi connectivity index (χ0n) is 12.1. The lowest BCUT2D eigenvalue weighted by Gasteiger charge is -2.30. The predicted octanol–water partition coefficient (Wildman–Crippen LogP) is 2.03. The highest BCUT2D eigenvalue weighted by Gasteiger charge is 2.38. The normalized spacial score (nSPS) is 16.9. The van der Waals surface area contributed by atoms with Gasteiger partial charge in [0.25, 0.3) is 0 Å².